The van der Waals surface area contributed by atoms with E-state index >= 15 is 0 Å². The highest BCUT2D eigenvalue weighted by atomic mass is 79.9. The number of nitrogens with zero attached hydrogens (tertiary/aromatic N) is 1. The van der Waals surface area contributed by atoms with Gasteiger partial charge in [-0.2, -0.15) is 5.26 Å². The molecule has 2 N–H and O–H groups in total. The van der Waals surface area contributed by atoms with E-state index in [9.17, 15) is 4.39 Å². The first kappa shape index (κ1) is 9.81. The van der Waals surface area contributed by atoms with Crippen LogP contribution < -0.4 is 10.5 Å². The van der Waals surface area contributed by atoms with Gasteiger partial charge < -0.3 is 10.5 Å². The molecule has 5 heteroatoms. The van der Waals surface area contributed by atoms with Gasteiger partial charge in [-0.15, -0.1) is 0 Å². The van der Waals surface area contributed by atoms with Crippen molar-refractivity contribution in [2.75, 3.05) is 12.3 Å². The zero-order valence-electron chi connectivity index (χ0n) is 6.55. The lowest BCUT2D eigenvalue weighted by Crippen LogP contribution is -1.98. The SMILES string of the molecule is N#CCOc1cc(F)c(Br)cc1N. The predicted molar refractivity (Wildman–Crippen MR) is 49.6 cm³/mol. The summed E-state index contributed by atoms with van der Waals surface area (Å²) in [6, 6.07) is 4.29. The molecule has 0 bridgehead atoms. The van der Waals surface area contributed by atoms with E-state index in [1.54, 1.807) is 6.07 Å². The molecule has 0 aliphatic rings. The van der Waals surface area contributed by atoms with Crippen molar-refractivity contribution >= 4 is 21.6 Å². The molecule has 0 fully saturated rings. The largest absolute Gasteiger partial charge is 0.476 e. The van der Waals surface area contributed by atoms with Crippen LogP contribution in [0, 0.1) is 17.1 Å². The molecule has 1 rings (SSSR count). The maximum atomic E-state index is 12.9. The molecule has 1 aromatic carbocycles. The third-order valence-electron chi connectivity index (χ3n) is 1.34. The number of halogens is 2. The van der Waals surface area contributed by atoms with Crippen molar-refractivity contribution < 1.29 is 9.13 Å². The van der Waals surface area contributed by atoms with E-state index in [0.29, 0.717) is 5.69 Å². The molecule has 0 amide bonds. The Bertz CT molecular complexity index is 362. The number of rotatable bonds is 2. The van der Waals surface area contributed by atoms with Crippen LogP contribution in [0.4, 0.5) is 10.1 Å². The van der Waals surface area contributed by atoms with E-state index in [1.807, 2.05) is 0 Å². The molecule has 0 aliphatic carbocycles. The Morgan fingerprint density at radius 3 is 2.92 bits per heavy atom. The summed E-state index contributed by atoms with van der Waals surface area (Å²) in [6.45, 7) is -0.148. The number of anilines is 1. The second kappa shape index (κ2) is 4.10. The lowest BCUT2D eigenvalue weighted by molar-refractivity contribution is 0.367. The molecule has 13 heavy (non-hydrogen) atoms. The molecule has 0 aliphatic heterocycles. The van der Waals surface area contributed by atoms with Crippen molar-refractivity contribution in [3.05, 3.63) is 22.4 Å². The van der Waals surface area contributed by atoms with Gasteiger partial charge in [-0.05, 0) is 22.0 Å². The molecule has 0 unspecified atom stereocenters. The van der Waals surface area contributed by atoms with Gasteiger partial charge in [0.2, 0.25) is 0 Å². The second-order valence-corrected chi connectivity index (χ2v) is 3.11. The Morgan fingerprint density at radius 1 is 1.62 bits per heavy atom. The fourth-order valence-corrected chi connectivity index (χ4v) is 1.14. The van der Waals surface area contributed by atoms with Gasteiger partial charge in [0.05, 0.1) is 10.2 Å². The topological polar surface area (TPSA) is 59.0 Å². The molecular weight excluding hydrogens is 239 g/mol. The molecule has 1 aromatic rings. The van der Waals surface area contributed by atoms with Gasteiger partial charge in [-0.25, -0.2) is 4.39 Å². The summed E-state index contributed by atoms with van der Waals surface area (Å²) in [6.07, 6.45) is 0. The number of benzene rings is 1. The Balaban J connectivity index is 2.96. The van der Waals surface area contributed by atoms with Crippen LogP contribution in [-0.4, -0.2) is 6.61 Å². The fraction of sp³-hybridized carbons (Fsp3) is 0.125. The minimum atomic E-state index is -0.470. The molecule has 0 saturated carbocycles. The smallest absolute Gasteiger partial charge is 0.174 e. The van der Waals surface area contributed by atoms with Crippen LogP contribution in [0.25, 0.3) is 0 Å². The van der Waals surface area contributed by atoms with Crippen LogP contribution in [0.5, 0.6) is 5.75 Å². The molecule has 0 atom stereocenters. The minimum Gasteiger partial charge on any atom is -0.476 e. The Morgan fingerprint density at radius 2 is 2.31 bits per heavy atom. The third kappa shape index (κ3) is 2.33. The minimum absolute atomic E-state index is 0.148. The van der Waals surface area contributed by atoms with Crippen LogP contribution >= 0.6 is 15.9 Å². The molecule has 3 nitrogen and oxygen atoms in total. The van der Waals surface area contributed by atoms with Crippen molar-refractivity contribution in [3.8, 4) is 11.8 Å². The molecule has 68 valence electrons. The quantitative estimate of drug-likeness (QED) is 0.811. The summed E-state index contributed by atoms with van der Waals surface area (Å²) >= 11 is 2.97. The second-order valence-electron chi connectivity index (χ2n) is 2.25. The van der Waals surface area contributed by atoms with Gasteiger partial charge in [0.1, 0.15) is 17.6 Å². The van der Waals surface area contributed by atoms with E-state index in [4.69, 9.17) is 15.7 Å². The number of nitrogen functional groups attached to an aromatic ring is 1. The Labute approximate surface area is 83.0 Å². The van der Waals surface area contributed by atoms with Crippen molar-refractivity contribution in [1.29, 1.82) is 5.26 Å². The van der Waals surface area contributed by atoms with Crippen molar-refractivity contribution in [2.24, 2.45) is 0 Å². The summed E-state index contributed by atoms with van der Waals surface area (Å²) in [4.78, 5) is 0. The summed E-state index contributed by atoms with van der Waals surface area (Å²) in [5, 5.41) is 8.22. The monoisotopic (exact) mass is 244 g/mol. The fourth-order valence-electron chi connectivity index (χ4n) is 0.779. The lowest BCUT2D eigenvalue weighted by atomic mass is 10.3. The first-order valence-corrected chi connectivity index (χ1v) is 4.18. The molecule has 0 saturated heterocycles. The van der Waals surface area contributed by atoms with Gasteiger partial charge >= 0.3 is 0 Å². The number of hydrogen-bond donors (Lipinski definition) is 1. The summed E-state index contributed by atoms with van der Waals surface area (Å²) in [5.41, 5.74) is 5.79. The molecule has 0 aromatic heterocycles. The van der Waals surface area contributed by atoms with Crippen LogP contribution in [0.3, 0.4) is 0 Å². The van der Waals surface area contributed by atoms with Crippen molar-refractivity contribution in [1.82, 2.24) is 0 Å². The summed E-state index contributed by atoms with van der Waals surface area (Å²) in [5.74, 6) is -0.288. The molecule has 0 radical (unpaired) electrons. The average Bonchev–Trinajstić information content (AvgIpc) is 2.09. The van der Waals surface area contributed by atoms with E-state index < -0.39 is 5.82 Å². The number of nitrogens with two attached hydrogens (primary N) is 1. The van der Waals surface area contributed by atoms with Crippen LogP contribution in [0.2, 0.25) is 0 Å². The molecule has 0 spiro atoms. The average molecular weight is 245 g/mol. The highest BCUT2D eigenvalue weighted by Gasteiger charge is 2.06. The zero-order valence-corrected chi connectivity index (χ0v) is 8.14. The third-order valence-corrected chi connectivity index (χ3v) is 1.95. The summed E-state index contributed by atoms with van der Waals surface area (Å²) in [7, 11) is 0. The molecular formula is C8H6BrFN2O. The maximum Gasteiger partial charge on any atom is 0.174 e. The first-order chi connectivity index (χ1) is 6.15. The van der Waals surface area contributed by atoms with E-state index in [0.717, 1.165) is 6.07 Å². The van der Waals surface area contributed by atoms with Gasteiger partial charge in [-0.1, -0.05) is 0 Å². The number of nitriles is 1. The van der Waals surface area contributed by atoms with Gasteiger partial charge in [0.15, 0.2) is 6.61 Å². The van der Waals surface area contributed by atoms with E-state index in [-0.39, 0.29) is 16.8 Å². The highest BCUT2D eigenvalue weighted by Crippen LogP contribution is 2.28. The van der Waals surface area contributed by atoms with Crippen molar-refractivity contribution in [2.45, 2.75) is 0 Å². The highest BCUT2D eigenvalue weighted by molar-refractivity contribution is 9.10. The molecule has 0 heterocycles. The van der Waals surface area contributed by atoms with Gasteiger partial charge in [-0.3, -0.25) is 0 Å². The van der Waals surface area contributed by atoms with Crippen LogP contribution in [-0.2, 0) is 0 Å². The Hall–Kier alpha value is -1.28. The first-order valence-electron chi connectivity index (χ1n) is 3.39. The standard InChI is InChI=1S/C8H6BrFN2O/c9-5-3-7(12)8(4-6(5)10)13-2-1-11/h3-4H,2,12H2. The summed E-state index contributed by atoms with van der Waals surface area (Å²) < 4.78 is 18.1. The Kier molecular flexibility index (Phi) is 3.09. The van der Waals surface area contributed by atoms with Gasteiger partial charge in [0, 0.05) is 6.07 Å². The van der Waals surface area contributed by atoms with Crippen LogP contribution in [0.15, 0.2) is 16.6 Å². The predicted octanol–water partition coefficient (Wildman–Crippen LogP) is 2.07. The van der Waals surface area contributed by atoms with Crippen molar-refractivity contribution in [3.63, 3.8) is 0 Å². The number of ether oxygens (including phenoxy) is 1. The van der Waals surface area contributed by atoms with E-state index in [2.05, 4.69) is 15.9 Å². The van der Waals surface area contributed by atoms with Crippen LogP contribution in [0.1, 0.15) is 0 Å². The number of hydrogen-bond acceptors (Lipinski definition) is 3. The normalized spacial score (nSPS) is 9.31. The zero-order chi connectivity index (χ0) is 9.84. The van der Waals surface area contributed by atoms with E-state index in [1.165, 1.54) is 6.07 Å². The van der Waals surface area contributed by atoms with Gasteiger partial charge in [0.25, 0.3) is 0 Å². The maximum absolute atomic E-state index is 12.9. The lowest BCUT2D eigenvalue weighted by Gasteiger charge is -2.06.